The highest BCUT2D eigenvalue weighted by molar-refractivity contribution is 8.00. The van der Waals surface area contributed by atoms with Gasteiger partial charge in [0.05, 0.1) is 12.2 Å². The summed E-state index contributed by atoms with van der Waals surface area (Å²) in [7, 11) is 0. The van der Waals surface area contributed by atoms with Crippen LogP contribution in [0.5, 0.6) is 0 Å². The van der Waals surface area contributed by atoms with Gasteiger partial charge in [0.25, 0.3) is 5.91 Å². The summed E-state index contributed by atoms with van der Waals surface area (Å²) in [6, 6.07) is 4.23. The normalized spacial score (nSPS) is 15.0. The maximum atomic E-state index is 13.8. The highest BCUT2D eigenvalue weighted by Gasteiger charge is 2.42. The number of thioether (sulfide) groups is 1. The van der Waals surface area contributed by atoms with E-state index in [1.165, 1.54) is 18.2 Å². The molecular weight excluding hydrogens is 289 g/mol. The third-order valence-corrected chi connectivity index (χ3v) is 4.91. The van der Waals surface area contributed by atoms with Crippen LogP contribution < -0.4 is 5.32 Å². The number of aliphatic hydroxyl groups is 1. The van der Waals surface area contributed by atoms with Crippen molar-refractivity contribution >= 4 is 17.7 Å². The first-order valence-electron chi connectivity index (χ1n) is 6.83. The van der Waals surface area contributed by atoms with E-state index in [1.54, 1.807) is 11.8 Å². The average molecular weight is 307 g/mol. The first kappa shape index (κ1) is 15.9. The predicted molar refractivity (Wildman–Crippen MR) is 82.8 cm³/mol. The van der Waals surface area contributed by atoms with Gasteiger partial charge in [-0.15, -0.1) is 0 Å². The van der Waals surface area contributed by atoms with Crippen LogP contribution in [0, 0.1) is 17.7 Å². The molecule has 0 unspecified atom stereocenters. The van der Waals surface area contributed by atoms with Gasteiger partial charge in [-0.05, 0) is 37.3 Å². The van der Waals surface area contributed by atoms with Crippen molar-refractivity contribution in [3.05, 3.63) is 35.1 Å². The second-order valence-corrected chi connectivity index (χ2v) is 6.31. The molecule has 0 radical (unpaired) electrons. The van der Waals surface area contributed by atoms with Crippen molar-refractivity contribution in [2.75, 3.05) is 19.4 Å². The number of aliphatic hydroxyl groups excluding tert-OH is 1. The third-order valence-electron chi connectivity index (χ3n) is 3.49. The second kappa shape index (κ2) is 6.97. The Morgan fingerprint density at radius 2 is 2.29 bits per heavy atom. The Morgan fingerprint density at radius 3 is 2.90 bits per heavy atom. The molecule has 0 heterocycles. The molecule has 1 amide bonds. The largest absolute Gasteiger partial charge is 0.395 e. The van der Waals surface area contributed by atoms with Crippen molar-refractivity contribution in [3.63, 3.8) is 0 Å². The highest BCUT2D eigenvalue weighted by Crippen LogP contribution is 2.46. The van der Waals surface area contributed by atoms with Crippen LogP contribution in [0.25, 0.3) is 0 Å². The summed E-state index contributed by atoms with van der Waals surface area (Å²) in [5, 5.41) is 11.5. The lowest BCUT2D eigenvalue weighted by atomic mass is 10.1. The summed E-state index contributed by atoms with van der Waals surface area (Å²) in [6.07, 6.45) is 4.56. The SMILES string of the molecule is CSC1(CNC(=O)c2cc(C#CCCO)ccc2F)CC1. The van der Waals surface area contributed by atoms with E-state index in [2.05, 4.69) is 17.2 Å². The van der Waals surface area contributed by atoms with E-state index < -0.39 is 11.7 Å². The van der Waals surface area contributed by atoms with Crippen molar-refractivity contribution in [1.82, 2.24) is 5.32 Å². The number of hydrogen-bond donors (Lipinski definition) is 2. The first-order valence-corrected chi connectivity index (χ1v) is 8.05. The molecule has 1 aromatic rings. The summed E-state index contributed by atoms with van der Waals surface area (Å²) >= 11 is 1.74. The second-order valence-electron chi connectivity index (χ2n) is 5.04. The molecule has 2 N–H and O–H groups in total. The molecule has 21 heavy (non-hydrogen) atoms. The van der Waals surface area contributed by atoms with Crippen LogP contribution in [0.15, 0.2) is 18.2 Å². The Balaban J connectivity index is 2.05. The molecule has 0 aliphatic heterocycles. The molecule has 1 saturated carbocycles. The lowest BCUT2D eigenvalue weighted by molar-refractivity contribution is 0.0949. The third kappa shape index (κ3) is 4.23. The van der Waals surface area contributed by atoms with E-state index in [9.17, 15) is 9.18 Å². The van der Waals surface area contributed by atoms with Crippen molar-refractivity contribution < 1.29 is 14.3 Å². The number of amides is 1. The van der Waals surface area contributed by atoms with Crippen LogP contribution in [0.3, 0.4) is 0 Å². The highest BCUT2D eigenvalue weighted by atomic mass is 32.2. The van der Waals surface area contributed by atoms with Gasteiger partial charge in [-0.1, -0.05) is 11.8 Å². The predicted octanol–water partition coefficient (Wildman–Crippen LogP) is 2.19. The smallest absolute Gasteiger partial charge is 0.254 e. The molecular formula is C16H18FNO2S. The zero-order chi connectivity index (χ0) is 15.3. The molecule has 1 aromatic carbocycles. The molecule has 0 atom stereocenters. The fourth-order valence-corrected chi connectivity index (χ4v) is 2.65. The molecule has 0 aromatic heterocycles. The molecule has 0 saturated heterocycles. The van der Waals surface area contributed by atoms with E-state index in [1.807, 2.05) is 6.26 Å². The van der Waals surface area contributed by atoms with E-state index in [0.29, 0.717) is 18.5 Å². The van der Waals surface area contributed by atoms with Crippen LogP contribution in [0.2, 0.25) is 0 Å². The Bertz CT molecular complexity index is 588. The van der Waals surface area contributed by atoms with Gasteiger partial charge in [0, 0.05) is 23.3 Å². The lowest BCUT2D eigenvalue weighted by Gasteiger charge is -2.13. The Kier molecular flexibility index (Phi) is 5.27. The van der Waals surface area contributed by atoms with Crippen molar-refractivity contribution in [2.24, 2.45) is 0 Å². The summed E-state index contributed by atoms with van der Waals surface area (Å²) in [6.45, 7) is 0.547. The van der Waals surface area contributed by atoms with Crippen molar-refractivity contribution in [2.45, 2.75) is 24.0 Å². The standard InChI is InChI=1S/C16H18FNO2S/c1-21-16(7-8-16)11-18-15(20)13-10-12(4-2-3-9-19)5-6-14(13)17/h5-6,10,19H,3,7-9,11H2,1H3,(H,18,20). The van der Waals surface area contributed by atoms with Crippen LogP contribution in [-0.2, 0) is 0 Å². The fraction of sp³-hybridized carbons (Fsp3) is 0.438. The minimum Gasteiger partial charge on any atom is -0.395 e. The minimum atomic E-state index is -0.547. The average Bonchev–Trinajstić information content (AvgIpc) is 3.27. The van der Waals surface area contributed by atoms with Gasteiger partial charge in [-0.25, -0.2) is 4.39 Å². The Morgan fingerprint density at radius 1 is 1.52 bits per heavy atom. The number of carbonyl (C=O) groups excluding carboxylic acids is 1. The summed E-state index contributed by atoms with van der Waals surface area (Å²) in [4.78, 5) is 12.1. The zero-order valence-corrected chi connectivity index (χ0v) is 12.7. The Hall–Kier alpha value is -1.51. The molecule has 3 nitrogen and oxygen atoms in total. The van der Waals surface area contributed by atoms with Crippen LogP contribution in [-0.4, -0.2) is 35.2 Å². The van der Waals surface area contributed by atoms with E-state index >= 15 is 0 Å². The zero-order valence-electron chi connectivity index (χ0n) is 11.9. The molecule has 0 bridgehead atoms. The fourth-order valence-electron chi connectivity index (χ4n) is 1.93. The Labute approximate surface area is 128 Å². The van der Waals surface area contributed by atoms with Gasteiger partial charge in [0.1, 0.15) is 5.82 Å². The van der Waals surface area contributed by atoms with Gasteiger partial charge in [0.15, 0.2) is 0 Å². The quantitative estimate of drug-likeness (QED) is 0.820. The molecule has 1 aliphatic carbocycles. The van der Waals surface area contributed by atoms with Crippen molar-refractivity contribution in [1.29, 1.82) is 0 Å². The van der Waals surface area contributed by atoms with E-state index in [4.69, 9.17) is 5.11 Å². The van der Waals surface area contributed by atoms with Gasteiger partial charge in [-0.2, -0.15) is 11.8 Å². The van der Waals surface area contributed by atoms with Gasteiger partial charge in [-0.3, -0.25) is 4.79 Å². The summed E-state index contributed by atoms with van der Waals surface area (Å²) in [5.41, 5.74) is 0.587. The van der Waals surface area contributed by atoms with Gasteiger partial charge in [0.2, 0.25) is 0 Å². The van der Waals surface area contributed by atoms with Crippen LogP contribution in [0.1, 0.15) is 35.2 Å². The van der Waals surface area contributed by atoms with Crippen LogP contribution >= 0.6 is 11.8 Å². The summed E-state index contributed by atoms with van der Waals surface area (Å²) < 4.78 is 13.9. The van der Waals surface area contributed by atoms with Crippen LogP contribution in [0.4, 0.5) is 4.39 Å². The molecule has 5 heteroatoms. The minimum absolute atomic E-state index is 0.0156. The maximum absolute atomic E-state index is 13.8. The van der Waals surface area contributed by atoms with Gasteiger partial charge < -0.3 is 10.4 Å². The van der Waals surface area contributed by atoms with E-state index in [-0.39, 0.29) is 16.9 Å². The number of rotatable bonds is 5. The van der Waals surface area contributed by atoms with Crippen molar-refractivity contribution in [3.8, 4) is 11.8 Å². The monoisotopic (exact) mass is 307 g/mol. The number of halogens is 1. The summed E-state index contributed by atoms with van der Waals surface area (Å²) in [5.74, 6) is 4.61. The topological polar surface area (TPSA) is 49.3 Å². The number of benzene rings is 1. The number of nitrogens with one attached hydrogen (secondary N) is 1. The number of carbonyl (C=O) groups is 1. The van der Waals surface area contributed by atoms with Gasteiger partial charge >= 0.3 is 0 Å². The number of hydrogen-bond acceptors (Lipinski definition) is 3. The molecule has 0 spiro atoms. The molecule has 112 valence electrons. The molecule has 2 rings (SSSR count). The lowest BCUT2D eigenvalue weighted by Crippen LogP contribution is -2.32. The molecule has 1 fully saturated rings. The maximum Gasteiger partial charge on any atom is 0.254 e. The molecule has 1 aliphatic rings. The first-order chi connectivity index (χ1) is 10.1. The van der Waals surface area contributed by atoms with E-state index in [0.717, 1.165) is 12.8 Å².